The fourth-order valence-corrected chi connectivity index (χ4v) is 4.28. The van der Waals surface area contributed by atoms with Gasteiger partial charge >= 0.3 is 0 Å². The Morgan fingerprint density at radius 3 is 2.24 bits per heavy atom. The molecule has 0 amide bonds. The standard InChI is InChI=1S/C18H13F2NO2S2/c19-13-10-11-18(15(20)12-13)25(22,23)21-16-8-4-5-9-17(16)24-14-6-2-1-3-7-14/h1-12,21H. The molecule has 0 fully saturated rings. The maximum Gasteiger partial charge on any atom is 0.264 e. The molecule has 0 radical (unpaired) electrons. The van der Waals surface area contributed by atoms with Crippen LogP contribution in [0.25, 0.3) is 0 Å². The van der Waals surface area contributed by atoms with Crippen molar-refractivity contribution in [1.82, 2.24) is 0 Å². The molecule has 3 nitrogen and oxygen atoms in total. The van der Waals surface area contributed by atoms with E-state index in [1.165, 1.54) is 11.8 Å². The molecule has 0 spiro atoms. The largest absolute Gasteiger partial charge is 0.278 e. The summed E-state index contributed by atoms with van der Waals surface area (Å²) in [5.41, 5.74) is 0.320. The number of halogens is 2. The third-order valence-corrected chi connectivity index (χ3v) is 5.77. The summed E-state index contributed by atoms with van der Waals surface area (Å²) in [6.07, 6.45) is 0. The summed E-state index contributed by atoms with van der Waals surface area (Å²) in [7, 11) is -4.18. The molecule has 0 heterocycles. The molecule has 0 aliphatic rings. The fourth-order valence-electron chi connectivity index (χ4n) is 2.15. The van der Waals surface area contributed by atoms with E-state index in [0.29, 0.717) is 16.6 Å². The summed E-state index contributed by atoms with van der Waals surface area (Å²) < 4.78 is 54.1. The van der Waals surface area contributed by atoms with Crippen LogP contribution in [-0.4, -0.2) is 8.42 Å². The summed E-state index contributed by atoms with van der Waals surface area (Å²) in [5.74, 6) is -1.97. The third kappa shape index (κ3) is 4.18. The van der Waals surface area contributed by atoms with Gasteiger partial charge in [-0.1, -0.05) is 42.1 Å². The molecule has 0 unspecified atom stereocenters. The van der Waals surface area contributed by atoms with Crippen molar-refractivity contribution in [3.05, 3.63) is 84.4 Å². The van der Waals surface area contributed by atoms with Crippen molar-refractivity contribution in [2.45, 2.75) is 14.7 Å². The monoisotopic (exact) mass is 377 g/mol. The molecule has 3 rings (SSSR count). The lowest BCUT2D eigenvalue weighted by molar-refractivity contribution is 0.551. The van der Waals surface area contributed by atoms with Crippen LogP contribution in [0.15, 0.2) is 87.5 Å². The van der Waals surface area contributed by atoms with E-state index in [1.807, 2.05) is 30.3 Å². The first kappa shape index (κ1) is 17.4. The highest BCUT2D eigenvalue weighted by Gasteiger charge is 2.21. The Hall–Kier alpha value is -2.38. The predicted molar refractivity (Wildman–Crippen MR) is 94.2 cm³/mol. The van der Waals surface area contributed by atoms with Crippen LogP contribution in [0.1, 0.15) is 0 Å². The van der Waals surface area contributed by atoms with Crippen molar-refractivity contribution in [2.24, 2.45) is 0 Å². The van der Waals surface area contributed by atoms with Gasteiger partial charge in [0.25, 0.3) is 10.0 Å². The Labute approximate surface area is 148 Å². The first-order valence-corrected chi connectivity index (χ1v) is 9.55. The number of rotatable bonds is 5. The van der Waals surface area contributed by atoms with Crippen molar-refractivity contribution < 1.29 is 17.2 Å². The normalized spacial score (nSPS) is 11.3. The minimum absolute atomic E-state index is 0.320. The highest BCUT2D eigenvalue weighted by atomic mass is 32.2. The van der Waals surface area contributed by atoms with Gasteiger partial charge in [-0.3, -0.25) is 4.72 Å². The zero-order chi connectivity index (χ0) is 17.9. The summed E-state index contributed by atoms with van der Waals surface area (Å²) in [6.45, 7) is 0. The second-order valence-electron chi connectivity index (χ2n) is 5.09. The molecule has 128 valence electrons. The molecule has 1 N–H and O–H groups in total. The molecule has 0 saturated heterocycles. The van der Waals surface area contributed by atoms with Gasteiger partial charge in [-0.05, 0) is 36.4 Å². The number of para-hydroxylation sites is 1. The van der Waals surface area contributed by atoms with E-state index < -0.39 is 26.6 Å². The lowest BCUT2D eigenvalue weighted by Gasteiger charge is -2.13. The lowest BCUT2D eigenvalue weighted by Crippen LogP contribution is -2.15. The van der Waals surface area contributed by atoms with Crippen molar-refractivity contribution in [3.63, 3.8) is 0 Å². The summed E-state index contributed by atoms with van der Waals surface area (Å²) in [4.78, 5) is 0.996. The minimum atomic E-state index is -4.18. The number of benzene rings is 3. The Bertz CT molecular complexity index is 993. The van der Waals surface area contributed by atoms with E-state index in [0.717, 1.165) is 17.0 Å². The van der Waals surface area contributed by atoms with Crippen LogP contribution >= 0.6 is 11.8 Å². The zero-order valence-electron chi connectivity index (χ0n) is 12.8. The first-order chi connectivity index (χ1) is 12.0. The van der Waals surface area contributed by atoms with Crippen LogP contribution in [0.2, 0.25) is 0 Å². The van der Waals surface area contributed by atoms with E-state index in [9.17, 15) is 17.2 Å². The van der Waals surface area contributed by atoms with Crippen LogP contribution in [0.4, 0.5) is 14.5 Å². The average molecular weight is 377 g/mol. The van der Waals surface area contributed by atoms with Crippen LogP contribution in [0.5, 0.6) is 0 Å². The second-order valence-corrected chi connectivity index (χ2v) is 7.86. The summed E-state index contributed by atoms with van der Waals surface area (Å²) in [5, 5.41) is 0. The van der Waals surface area contributed by atoms with Gasteiger partial charge in [-0.2, -0.15) is 0 Å². The number of hydrogen-bond acceptors (Lipinski definition) is 3. The highest BCUT2D eigenvalue weighted by molar-refractivity contribution is 7.99. The van der Waals surface area contributed by atoms with E-state index >= 15 is 0 Å². The Balaban J connectivity index is 1.92. The number of sulfonamides is 1. The smallest absolute Gasteiger partial charge is 0.264 e. The molecule has 0 aliphatic carbocycles. The summed E-state index contributed by atoms with van der Waals surface area (Å²) >= 11 is 1.38. The predicted octanol–water partition coefficient (Wildman–Crippen LogP) is 4.92. The molecule has 0 aliphatic heterocycles. The van der Waals surface area contributed by atoms with Crippen LogP contribution < -0.4 is 4.72 Å². The van der Waals surface area contributed by atoms with E-state index in [2.05, 4.69) is 4.72 Å². The highest BCUT2D eigenvalue weighted by Crippen LogP contribution is 2.34. The SMILES string of the molecule is O=S(=O)(Nc1ccccc1Sc1ccccc1)c1ccc(F)cc1F. The van der Waals surface area contributed by atoms with Gasteiger partial charge in [0.05, 0.1) is 5.69 Å². The van der Waals surface area contributed by atoms with Crippen LogP contribution in [0, 0.1) is 11.6 Å². The van der Waals surface area contributed by atoms with Gasteiger partial charge in [0, 0.05) is 15.9 Å². The molecule has 0 aromatic heterocycles. The molecule has 0 bridgehead atoms. The molecular formula is C18H13F2NO2S2. The van der Waals surface area contributed by atoms with Gasteiger partial charge in [0.15, 0.2) is 0 Å². The van der Waals surface area contributed by atoms with Crippen molar-refractivity contribution >= 4 is 27.5 Å². The van der Waals surface area contributed by atoms with E-state index in [1.54, 1.807) is 24.3 Å². The topological polar surface area (TPSA) is 46.2 Å². The van der Waals surface area contributed by atoms with Crippen LogP contribution in [0.3, 0.4) is 0 Å². The maximum absolute atomic E-state index is 13.8. The number of anilines is 1. The van der Waals surface area contributed by atoms with Gasteiger partial charge in [-0.25, -0.2) is 17.2 Å². The number of nitrogens with one attached hydrogen (secondary N) is 1. The summed E-state index contributed by atoms with van der Waals surface area (Å²) in [6, 6.07) is 18.6. The van der Waals surface area contributed by atoms with Gasteiger partial charge < -0.3 is 0 Å². The van der Waals surface area contributed by atoms with Crippen molar-refractivity contribution in [3.8, 4) is 0 Å². The van der Waals surface area contributed by atoms with E-state index in [4.69, 9.17) is 0 Å². The maximum atomic E-state index is 13.8. The second kappa shape index (κ2) is 7.25. The van der Waals surface area contributed by atoms with E-state index in [-0.39, 0.29) is 0 Å². The number of hydrogen-bond donors (Lipinski definition) is 1. The molecule has 25 heavy (non-hydrogen) atoms. The van der Waals surface area contributed by atoms with Gasteiger partial charge in [0.2, 0.25) is 0 Å². The average Bonchev–Trinajstić information content (AvgIpc) is 2.57. The zero-order valence-corrected chi connectivity index (χ0v) is 14.5. The van der Waals surface area contributed by atoms with Crippen molar-refractivity contribution in [2.75, 3.05) is 4.72 Å². The molecule has 7 heteroatoms. The Morgan fingerprint density at radius 2 is 1.52 bits per heavy atom. The fraction of sp³-hybridized carbons (Fsp3) is 0. The lowest BCUT2D eigenvalue weighted by atomic mass is 10.3. The van der Waals surface area contributed by atoms with Crippen molar-refractivity contribution in [1.29, 1.82) is 0 Å². The third-order valence-electron chi connectivity index (χ3n) is 3.29. The molecule has 0 saturated carbocycles. The Morgan fingerprint density at radius 1 is 0.840 bits per heavy atom. The molecule has 3 aromatic rings. The van der Waals surface area contributed by atoms with Gasteiger partial charge in [-0.15, -0.1) is 0 Å². The molecule has 0 atom stereocenters. The quantitative estimate of drug-likeness (QED) is 0.687. The Kier molecular flexibility index (Phi) is 5.06. The van der Waals surface area contributed by atoms with Gasteiger partial charge in [0.1, 0.15) is 16.5 Å². The molecule has 3 aromatic carbocycles. The van der Waals surface area contributed by atoms with Crippen LogP contribution in [-0.2, 0) is 10.0 Å². The molecular weight excluding hydrogens is 364 g/mol. The minimum Gasteiger partial charge on any atom is -0.278 e. The first-order valence-electron chi connectivity index (χ1n) is 7.25.